The van der Waals surface area contributed by atoms with Crippen LogP contribution in [0.15, 0.2) is 59.4 Å². The van der Waals surface area contributed by atoms with Gasteiger partial charge < -0.3 is 66.9 Å². The number of fused-ring (bicyclic) bond motifs is 1. The van der Waals surface area contributed by atoms with E-state index < -0.39 is 66.2 Å². The number of carbonyl (C=O) groups excluding carboxylic acids is 5. The summed E-state index contributed by atoms with van der Waals surface area (Å²) in [6.45, 7) is 0.349. The minimum atomic E-state index is -1.84. The van der Waals surface area contributed by atoms with Crippen LogP contribution in [0.2, 0.25) is 0 Å². The van der Waals surface area contributed by atoms with E-state index in [9.17, 15) is 54.3 Å². The van der Waals surface area contributed by atoms with Gasteiger partial charge in [-0.2, -0.15) is 11.8 Å². The van der Waals surface area contributed by atoms with Gasteiger partial charge in [0.25, 0.3) is 5.91 Å². The van der Waals surface area contributed by atoms with Crippen LogP contribution in [0.4, 0.5) is 10.5 Å². The van der Waals surface area contributed by atoms with Crippen LogP contribution in [0, 0.1) is 0 Å². The molecule has 0 bridgehead atoms. The Bertz CT molecular complexity index is 2130. The van der Waals surface area contributed by atoms with Crippen LogP contribution in [0.3, 0.4) is 0 Å². The Morgan fingerprint density at radius 2 is 1.64 bits per heavy atom. The van der Waals surface area contributed by atoms with E-state index in [0.717, 1.165) is 31.1 Å². The number of carboxylic acid groups (broad SMARTS) is 1. The van der Waals surface area contributed by atoms with Crippen LogP contribution < -0.4 is 88.4 Å². The number of azide groups is 1. The normalized spacial score (nSPS) is 23.1. The second-order valence-electron chi connectivity index (χ2n) is 16.0. The van der Waals surface area contributed by atoms with Crippen molar-refractivity contribution in [1.82, 2.24) is 31.9 Å². The number of rotatable bonds is 27. The van der Waals surface area contributed by atoms with Gasteiger partial charge in [-0.25, -0.2) is 9.59 Å². The maximum absolute atomic E-state index is 13.3. The quantitative estimate of drug-likeness (QED) is 0.00577. The minimum absolute atomic E-state index is 0. The molecule has 69 heavy (non-hydrogen) atoms. The van der Waals surface area contributed by atoms with Gasteiger partial charge in [0.2, 0.25) is 29.8 Å². The summed E-state index contributed by atoms with van der Waals surface area (Å²) >= 11 is 1.84. The first kappa shape index (κ1) is 57.8. The predicted octanol–water partition coefficient (Wildman–Crippen LogP) is -1.23. The Morgan fingerprint density at radius 1 is 0.913 bits per heavy atom. The van der Waals surface area contributed by atoms with E-state index in [1.54, 1.807) is 0 Å². The molecule has 0 radical (unpaired) electrons. The third-order valence-corrected chi connectivity index (χ3v) is 14.9. The fraction of sp³-hybridized carbons (Fsp3) is 0.535. The Morgan fingerprint density at radius 3 is 2.36 bits per heavy atom. The Balaban J connectivity index is 0.0000104. The summed E-state index contributed by atoms with van der Waals surface area (Å²) in [6, 6.07) is 10.4. The zero-order chi connectivity index (χ0) is 49.0. The molecule has 2 aromatic rings. The van der Waals surface area contributed by atoms with Gasteiger partial charge >= 0.3 is 63.4 Å². The number of urea groups is 1. The van der Waals surface area contributed by atoms with Crippen molar-refractivity contribution in [3.63, 3.8) is 0 Å². The summed E-state index contributed by atoms with van der Waals surface area (Å²) in [5.41, 5.74) is 9.58. The van der Waals surface area contributed by atoms with Gasteiger partial charge in [0, 0.05) is 71.1 Å². The molecule has 370 valence electrons. The standard InChI is InChI=1S/C43H57N9O13S3.K/c44-52-51-26-12-10-25(11-13-26)39(59)48-28(5-3-4-17-45-33(54)7-2-1-6-32-35-29(23-66-32)49-43(63)50-35)40(60)46-18-20-68-67-19-16-34(55)47-22-31-36(56)37(57)38(58)42(65-31)64-30(41(61)62)21-24-8-14-27(53)15-9-24;/h8-15,21,28-29,31-32,35-38,42,53,56-58H,1-7,16-20,22-23H2,(H,45,54)(H,46,60)(H,47,55)(H,48,59)(H,61,62)(H2,49,50,63);/q;+1/p-1/b30-21-;/t28?,29-,31+,32-,35-,36-,37-,38+,42+;/m0./s1. The number of nitrogens with zero attached hydrogens (tertiary/aromatic N) is 3. The molecule has 22 nitrogen and oxygen atoms in total. The molecule has 0 spiro atoms. The molecule has 10 N–H and O–H groups in total. The molecule has 5 rings (SSSR count). The number of carbonyl (C=O) groups is 6. The van der Waals surface area contributed by atoms with Crippen molar-refractivity contribution < 1.29 is 115 Å². The molecule has 26 heteroatoms. The van der Waals surface area contributed by atoms with E-state index in [1.807, 2.05) is 11.8 Å². The second-order valence-corrected chi connectivity index (χ2v) is 20.0. The molecule has 3 aliphatic heterocycles. The molecule has 3 saturated heterocycles. The molecule has 9 atom stereocenters. The van der Waals surface area contributed by atoms with E-state index in [0.29, 0.717) is 60.2 Å². The van der Waals surface area contributed by atoms with Gasteiger partial charge in [-0.15, -0.1) is 5.75 Å². The van der Waals surface area contributed by atoms with E-state index >= 15 is 0 Å². The maximum atomic E-state index is 13.3. The zero-order valence-corrected chi connectivity index (χ0v) is 43.4. The van der Waals surface area contributed by atoms with E-state index in [1.165, 1.54) is 70.1 Å². The smallest absolute Gasteiger partial charge is 0.872 e. The fourth-order valence-corrected chi connectivity index (χ4v) is 10.8. The third kappa shape index (κ3) is 19.1. The van der Waals surface area contributed by atoms with Gasteiger partial charge in [0.05, 0.1) is 12.1 Å². The summed E-state index contributed by atoms with van der Waals surface area (Å²) in [4.78, 5) is 77.8. The van der Waals surface area contributed by atoms with Crippen molar-refractivity contribution in [2.45, 2.75) is 105 Å². The molecule has 2 aromatic carbocycles. The van der Waals surface area contributed by atoms with Gasteiger partial charge in [-0.05, 0) is 61.4 Å². The van der Waals surface area contributed by atoms with Crippen LogP contribution in [0.25, 0.3) is 16.5 Å². The van der Waals surface area contributed by atoms with Crippen molar-refractivity contribution in [3.05, 3.63) is 75.9 Å². The number of ether oxygens (including phenoxy) is 2. The van der Waals surface area contributed by atoms with Crippen molar-refractivity contribution >= 4 is 80.7 Å². The molecule has 3 fully saturated rings. The summed E-state index contributed by atoms with van der Waals surface area (Å²) in [5.74, 6) is -2.17. The van der Waals surface area contributed by atoms with Gasteiger partial charge in [0.1, 0.15) is 30.5 Å². The monoisotopic (exact) mass is 1040 g/mol. The number of benzene rings is 2. The predicted molar refractivity (Wildman–Crippen MR) is 252 cm³/mol. The molecule has 0 aromatic heterocycles. The average Bonchev–Trinajstić information content (AvgIpc) is 3.88. The third-order valence-electron chi connectivity index (χ3n) is 11.0. The van der Waals surface area contributed by atoms with Gasteiger partial charge in [0.15, 0.2) is 0 Å². The number of nitrogens with one attached hydrogen (secondary N) is 6. The molecule has 0 aliphatic carbocycles. The number of aliphatic hydroxyl groups excluding tert-OH is 3. The number of thioether (sulfide) groups is 1. The van der Waals surface area contributed by atoms with Gasteiger partial charge in [-0.3, -0.25) is 19.2 Å². The van der Waals surface area contributed by atoms with Crippen LogP contribution in [-0.4, -0.2) is 147 Å². The largest absolute Gasteiger partial charge is 1.00 e. The minimum Gasteiger partial charge on any atom is -0.872 e. The number of hydrogen-bond donors (Lipinski definition) is 10. The molecule has 6 amide bonds. The van der Waals surface area contributed by atoms with Gasteiger partial charge in [-0.1, -0.05) is 69.5 Å². The summed E-state index contributed by atoms with van der Waals surface area (Å²) in [6.07, 6.45) is -2.86. The summed E-state index contributed by atoms with van der Waals surface area (Å²) in [5, 5.41) is 73.3. The molecule has 1 unspecified atom stereocenters. The first-order valence-corrected chi connectivity index (χ1v) is 25.5. The summed E-state index contributed by atoms with van der Waals surface area (Å²) < 4.78 is 10.9. The van der Waals surface area contributed by atoms with Crippen molar-refractivity contribution in [3.8, 4) is 5.75 Å². The number of hydrogen-bond acceptors (Lipinski definition) is 16. The molecule has 3 aliphatic rings. The van der Waals surface area contributed by atoms with Crippen LogP contribution in [0.1, 0.15) is 67.3 Å². The Hall–Kier alpha value is -3.76. The Labute approximate surface area is 452 Å². The first-order valence-electron chi connectivity index (χ1n) is 22.0. The zero-order valence-electron chi connectivity index (χ0n) is 37.8. The second kappa shape index (κ2) is 30.2. The van der Waals surface area contributed by atoms with E-state index in [4.69, 9.17) is 15.0 Å². The van der Waals surface area contributed by atoms with Crippen LogP contribution >= 0.6 is 33.3 Å². The van der Waals surface area contributed by atoms with Crippen molar-refractivity contribution in [1.29, 1.82) is 0 Å². The number of amides is 6. The molecule has 3 heterocycles. The first-order chi connectivity index (χ1) is 32.7. The van der Waals surface area contributed by atoms with Crippen molar-refractivity contribution in [2.24, 2.45) is 5.11 Å². The fourth-order valence-electron chi connectivity index (χ4n) is 7.37. The molecule has 0 saturated carbocycles. The number of carboxylic acids is 1. The SMILES string of the molecule is [K+].[N-]=[N+]=Nc1ccc(C(=O)NC(CCCCNC(=O)CCCC[C@@H]2SC[C@@H]3NC(=O)N[C@@H]32)C(=O)NCCSSCCC(=O)NC[C@H]2O[C@@H](O/C(=C\c3ccc([O-])cc3)C(=O)O)[C@H](O)[C@@H](O)[C@H]2O)cc1. The van der Waals surface area contributed by atoms with E-state index in [2.05, 4.69) is 41.9 Å². The topological polar surface area (TPSA) is 346 Å². The van der Waals surface area contributed by atoms with Crippen molar-refractivity contribution in [2.75, 3.05) is 36.9 Å². The molecular formula is C43H56KN9O13S3. The van der Waals surface area contributed by atoms with Crippen LogP contribution in [0.5, 0.6) is 5.75 Å². The van der Waals surface area contributed by atoms with E-state index in [-0.39, 0.29) is 106 Å². The number of aliphatic carboxylic acids is 1. The van der Waals surface area contributed by atoms with Crippen LogP contribution in [-0.2, 0) is 28.7 Å². The average molecular weight is 1040 g/mol. The summed E-state index contributed by atoms with van der Waals surface area (Å²) in [7, 11) is 2.76. The Kier molecular flexibility index (Phi) is 25.3. The number of aliphatic hydroxyl groups is 3. The number of unbranched alkanes of at least 4 members (excludes halogenated alkanes) is 2. The molecular weight excluding hydrogens is 986 g/mol. The maximum Gasteiger partial charge on any atom is 1.00 e.